The molecule has 206 valence electrons. The van der Waals surface area contributed by atoms with E-state index in [0.29, 0.717) is 41.6 Å². The number of amides is 3. The summed E-state index contributed by atoms with van der Waals surface area (Å²) in [6.45, 7) is 8.42. The van der Waals surface area contributed by atoms with Crippen molar-refractivity contribution in [3.05, 3.63) is 29.1 Å². The summed E-state index contributed by atoms with van der Waals surface area (Å²) in [5.74, 6) is -1.55. The van der Waals surface area contributed by atoms with Gasteiger partial charge in [0.25, 0.3) is 5.91 Å². The van der Waals surface area contributed by atoms with Crippen molar-refractivity contribution < 1.29 is 23.5 Å². The van der Waals surface area contributed by atoms with Crippen molar-refractivity contribution in [1.82, 2.24) is 20.4 Å². The lowest BCUT2D eigenvalue weighted by Crippen LogP contribution is -2.59. The molecule has 2 N–H and O–H groups in total. The number of hydrogen-bond acceptors (Lipinski definition) is 7. The van der Waals surface area contributed by atoms with Crippen LogP contribution in [0.3, 0.4) is 0 Å². The van der Waals surface area contributed by atoms with Crippen molar-refractivity contribution in [3.8, 4) is 0 Å². The molecular weight excluding hydrogens is 489 g/mol. The Balaban J connectivity index is 1.10. The first kappa shape index (κ1) is 25.7. The van der Waals surface area contributed by atoms with Crippen molar-refractivity contribution in [2.24, 2.45) is 0 Å². The van der Waals surface area contributed by atoms with Gasteiger partial charge in [0.2, 0.25) is 11.8 Å². The van der Waals surface area contributed by atoms with Gasteiger partial charge >= 0.3 is 0 Å². The fraction of sp³-hybridized carbons (Fsp3) is 0.679. The average molecular weight is 528 g/mol. The van der Waals surface area contributed by atoms with Crippen molar-refractivity contribution in [1.29, 1.82) is 0 Å². The third kappa shape index (κ3) is 4.50. The Hall–Kier alpha value is -2.56. The second kappa shape index (κ2) is 10.2. The summed E-state index contributed by atoms with van der Waals surface area (Å²) in [6, 6.07) is 2.72. The highest BCUT2D eigenvalue weighted by atomic mass is 19.1. The van der Waals surface area contributed by atoms with Crippen LogP contribution in [0.2, 0.25) is 0 Å². The van der Waals surface area contributed by atoms with E-state index in [1.54, 1.807) is 19.1 Å². The maximum absolute atomic E-state index is 16.1. The quantitative estimate of drug-likeness (QED) is 0.566. The van der Waals surface area contributed by atoms with E-state index in [9.17, 15) is 14.4 Å². The molecule has 1 aliphatic carbocycles. The molecule has 1 unspecified atom stereocenters. The smallest absolute Gasteiger partial charge is 0.255 e. The third-order valence-electron chi connectivity index (χ3n) is 9.23. The Morgan fingerprint density at radius 3 is 2.47 bits per heavy atom. The summed E-state index contributed by atoms with van der Waals surface area (Å²) in [4.78, 5) is 43.3. The average Bonchev–Trinajstić information content (AvgIpc) is 3.13. The van der Waals surface area contributed by atoms with Crippen LogP contribution < -0.4 is 15.5 Å². The lowest BCUT2D eigenvalue weighted by atomic mass is 9.86. The van der Waals surface area contributed by atoms with Crippen LogP contribution in [0, 0.1) is 5.82 Å². The molecular formula is C28H38FN5O4. The molecule has 38 heavy (non-hydrogen) atoms. The Morgan fingerprint density at radius 1 is 1.00 bits per heavy atom. The minimum absolute atomic E-state index is 0.124. The predicted molar refractivity (Wildman–Crippen MR) is 139 cm³/mol. The first-order valence-corrected chi connectivity index (χ1v) is 14.2. The van der Waals surface area contributed by atoms with Gasteiger partial charge < -0.3 is 19.9 Å². The fourth-order valence-electron chi connectivity index (χ4n) is 7.04. The van der Waals surface area contributed by atoms with Crippen LogP contribution in [0.4, 0.5) is 10.1 Å². The summed E-state index contributed by atoms with van der Waals surface area (Å²) in [5.41, 5.74) is 1.18. The van der Waals surface area contributed by atoms with E-state index in [2.05, 4.69) is 27.4 Å². The molecule has 0 aromatic heterocycles. The molecule has 1 aromatic carbocycles. The second-order valence-corrected chi connectivity index (χ2v) is 11.6. The largest absolute Gasteiger partial charge is 0.375 e. The van der Waals surface area contributed by atoms with Gasteiger partial charge in [0, 0.05) is 49.3 Å². The topological polar surface area (TPSA) is 94.2 Å². The van der Waals surface area contributed by atoms with Crippen molar-refractivity contribution >= 4 is 23.4 Å². The number of imide groups is 1. The molecule has 4 fully saturated rings. The number of nitrogens with zero attached hydrogens (tertiary/aromatic N) is 3. The molecule has 3 saturated heterocycles. The van der Waals surface area contributed by atoms with E-state index in [-0.39, 0.29) is 36.5 Å². The van der Waals surface area contributed by atoms with E-state index in [1.165, 1.54) is 4.90 Å². The van der Waals surface area contributed by atoms with Gasteiger partial charge in [-0.3, -0.25) is 24.6 Å². The number of carbonyl (C=O) groups excluding carboxylic acids is 3. The van der Waals surface area contributed by atoms with Crippen LogP contribution in [0.1, 0.15) is 74.3 Å². The van der Waals surface area contributed by atoms with Crippen LogP contribution in [-0.2, 0) is 14.3 Å². The van der Waals surface area contributed by atoms with Crippen LogP contribution >= 0.6 is 0 Å². The highest BCUT2D eigenvalue weighted by Gasteiger charge is 2.45. The fourth-order valence-corrected chi connectivity index (χ4v) is 7.04. The molecule has 5 aliphatic rings. The zero-order chi connectivity index (χ0) is 26.6. The third-order valence-corrected chi connectivity index (χ3v) is 9.23. The normalized spacial score (nSPS) is 32.8. The summed E-state index contributed by atoms with van der Waals surface area (Å²) in [7, 11) is 0. The van der Waals surface area contributed by atoms with Crippen molar-refractivity contribution in [3.63, 3.8) is 0 Å². The highest BCUT2D eigenvalue weighted by molar-refractivity contribution is 6.06. The Morgan fingerprint density at radius 2 is 1.76 bits per heavy atom. The minimum Gasteiger partial charge on any atom is -0.375 e. The number of piperidine rings is 2. The van der Waals surface area contributed by atoms with E-state index in [1.807, 2.05) is 0 Å². The maximum Gasteiger partial charge on any atom is 0.255 e. The van der Waals surface area contributed by atoms with Gasteiger partial charge in [-0.15, -0.1) is 0 Å². The molecule has 3 atom stereocenters. The van der Waals surface area contributed by atoms with Gasteiger partial charge in [-0.25, -0.2) is 4.39 Å². The second-order valence-electron chi connectivity index (χ2n) is 11.6. The van der Waals surface area contributed by atoms with Gasteiger partial charge in [0.05, 0.1) is 23.9 Å². The van der Waals surface area contributed by atoms with Crippen LogP contribution in [-0.4, -0.2) is 90.6 Å². The maximum atomic E-state index is 16.1. The Bertz CT molecular complexity index is 1120. The number of hydrogen-bond donors (Lipinski definition) is 2. The molecule has 0 spiro atoms. The first-order valence-electron chi connectivity index (χ1n) is 14.2. The van der Waals surface area contributed by atoms with Gasteiger partial charge in [-0.2, -0.15) is 0 Å². The number of carbonyl (C=O) groups is 3. The molecule has 1 aromatic rings. The molecule has 10 heteroatoms. The number of nitrogens with one attached hydrogen (secondary N) is 2. The standard InChI is InChI=1S/C28H38FN5O4/c1-16-15-32(18-13-20(14-18)38-19-7-9-30-10-8-19)11-12-33(16)22-4-3-21-25(26(22)29)17(2)34(28(21)37)23-5-6-24(35)31-27(23)36/h3-4,16-20,23,30H,5-15H2,1-2H3,(H,31,35,36)/t16-,17-,18?,20?,23?/m1/s1. The molecule has 6 rings (SSSR count). The minimum atomic E-state index is -0.766. The van der Waals surface area contributed by atoms with E-state index in [0.717, 1.165) is 51.9 Å². The molecule has 0 bridgehead atoms. The molecule has 0 radical (unpaired) electrons. The predicted octanol–water partition coefficient (Wildman–Crippen LogP) is 1.96. The molecule has 3 amide bonds. The van der Waals surface area contributed by atoms with E-state index >= 15 is 4.39 Å². The zero-order valence-corrected chi connectivity index (χ0v) is 22.2. The first-order chi connectivity index (χ1) is 18.3. The highest BCUT2D eigenvalue weighted by Crippen LogP contribution is 2.42. The summed E-state index contributed by atoms with van der Waals surface area (Å²) >= 11 is 0. The Labute approximate surface area is 223 Å². The summed E-state index contributed by atoms with van der Waals surface area (Å²) in [6.07, 6.45) is 5.51. The number of rotatable bonds is 5. The van der Waals surface area contributed by atoms with Crippen molar-refractivity contribution in [2.75, 3.05) is 37.6 Å². The van der Waals surface area contributed by atoms with Crippen molar-refractivity contribution in [2.45, 2.75) is 88.7 Å². The van der Waals surface area contributed by atoms with Crippen LogP contribution in [0.25, 0.3) is 0 Å². The molecule has 4 heterocycles. The number of anilines is 1. The molecule has 9 nitrogen and oxygen atoms in total. The van der Waals surface area contributed by atoms with Gasteiger partial charge in [0.15, 0.2) is 5.82 Å². The number of ether oxygens (including phenoxy) is 1. The van der Waals surface area contributed by atoms with Gasteiger partial charge in [-0.05, 0) is 71.2 Å². The monoisotopic (exact) mass is 527 g/mol. The van der Waals surface area contributed by atoms with Crippen LogP contribution in [0.15, 0.2) is 12.1 Å². The number of fused-ring (bicyclic) bond motifs is 1. The Kier molecular flexibility index (Phi) is 6.90. The molecule has 1 saturated carbocycles. The summed E-state index contributed by atoms with van der Waals surface area (Å²) in [5, 5.41) is 5.70. The van der Waals surface area contributed by atoms with E-state index < -0.39 is 18.0 Å². The number of benzene rings is 1. The zero-order valence-electron chi connectivity index (χ0n) is 22.2. The lowest BCUT2D eigenvalue weighted by Gasteiger charge is -2.49. The lowest BCUT2D eigenvalue weighted by molar-refractivity contribution is -0.137. The van der Waals surface area contributed by atoms with E-state index in [4.69, 9.17) is 4.74 Å². The van der Waals surface area contributed by atoms with Gasteiger partial charge in [0.1, 0.15) is 6.04 Å². The summed E-state index contributed by atoms with van der Waals surface area (Å²) < 4.78 is 22.4. The SMILES string of the molecule is C[C@@H]1CN(C2CC(OC3CCNCC3)C2)CCN1c1ccc2c(c1F)[C@@H](C)N(C1CCC(=O)NC1=O)C2=O. The number of piperazine rings is 1. The van der Waals surface area contributed by atoms with Crippen LogP contribution in [0.5, 0.6) is 0 Å². The van der Waals surface area contributed by atoms with Gasteiger partial charge in [-0.1, -0.05) is 0 Å². The molecule has 4 aliphatic heterocycles. The number of halogens is 1.